The van der Waals surface area contributed by atoms with Crippen LogP contribution >= 0.6 is 11.3 Å². The number of hydrogen-bond donors (Lipinski definition) is 1. The van der Waals surface area contributed by atoms with Crippen molar-refractivity contribution in [1.82, 2.24) is 14.5 Å². The normalized spacial score (nSPS) is 21.3. The smallest absolute Gasteiger partial charge is 0.317 e. The highest BCUT2D eigenvalue weighted by molar-refractivity contribution is 7.88. The first kappa shape index (κ1) is 17.2. The highest BCUT2D eigenvalue weighted by Gasteiger charge is 2.28. The molecule has 2 amide bonds. The van der Waals surface area contributed by atoms with Crippen LogP contribution in [0.1, 0.15) is 30.7 Å². The summed E-state index contributed by atoms with van der Waals surface area (Å²) in [4.78, 5) is 15.1. The highest BCUT2D eigenvalue weighted by Crippen LogP contribution is 2.23. The molecule has 2 heterocycles. The molecule has 6 nitrogen and oxygen atoms in total. The van der Waals surface area contributed by atoms with E-state index in [1.807, 2.05) is 24.4 Å². The Kier molecular flexibility index (Phi) is 5.46. The van der Waals surface area contributed by atoms with Crippen LogP contribution in [0.5, 0.6) is 0 Å². The van der Waals surface area contributed by atoms with E-state index in [9.17, 15) is 13.2 Å². The summed E-state index contributed by atoms with van der Waals surface area (Å²) in [7, 11) is -1.44. The number of piperidine rings is 1. The predicted molar refractivity (Wildman–Crippen MR) is 88.5 cm³/mol. The summed E-state index contributed by atoms with van der Waals surface area (Å²) in [5, 5.41) is 4.94. The Bertz CT molecular complexity index is 601. The lowest BCUT2D eigenvalue weighted by atomic mass is 10.1. The lowest BCUT2D eigenvalue weighted by molar-refractivity contribution is 0.183. The number of nitrogens with one attached hydrogen (secondary N) is 1. The van der Waals surface area contributed by atoms with Crippen molar-refractivity contribution in [3.8, 4) is 0 Å². The van der Waals surface area contributed by atoms with E-state index in [1.165, 1.54) is 10.6 Å². The van der Waals surface area contributed by atoms with E-state index >= 15 is 0 Å². The first-order valence-electron chi connectivity index (χ1n) is 7.31. The summed E-state index contributed by atoms with van der Waals surface area (Å²) < 4.78 is 24.7. The standard InChI is InChI=1S/C14H23N3O3S2/c1-11(13-7-5-9-21-13)16(2)14(18)15-12-6-4-8-17(10-12)22(3,19)20/h5,7,9,11-12H,4,6,8,10H2,1-3H3,(H,15,18)/t11-,12-/m1/s1. The summed E-state index contributed by atoms with van der Waals surface area (Å²) in [6, 6.07) is 3.67. The molecule has 1 aliphatic rings. The molecule has 1 aromatic rings. The van der Waals surface area contributed by atoms with Crippen molar-refractivity contribution >= 4 is 27.4 Å². The van der Waals surface area contributed by atoms with Gasteiger partial charge in [-0.25, -0.2) is 17.5 Å². The Hall–Kier alpha value is -1.12. The van der Waals surface area contributed by atoms with Crippen molar-refractivity contribution in [1.29, 1.82) is 0 Å². The molecule has 0 spiro atoms. The summed E-state index contributed by atoms with van der Waals surface area (Å²) in [6.07, 6.45) is 2.78. The minimum atomic E-state index is -3.20. The lowest BCUT2D eigenvalue weighted by Crippen LogP contribution is -2.52. The van der Waals surface area contributed by atoms with Gasteiger partial charge in [-0.1, -0.05) is 6.07 Å². The molecule has 1 aromatic heterocycles. The number of nitrogens with zero attached hydrogens (tertiary/aromatic N) is 2. The second-order valence-corrected chi connectivity index (χ2v) is 8.67. The van der Waals surface area contributed by atoms with Gasteiger partial charge in [0.1, 0.15) is 0 Å². The number of sulfonamides is 1. The maximum absolute atomic E-state index is 12.4. The first-order valence-corrected chi connectivity index (χ1v) is 10.0. The maximum Gasteiger partial charge on any atom is 0.317 e. The third-order valence-corrected chi connectivity index (χ3v) is 6.35. The molecule has 1 N–H and O–H groups in total. The molecule has 0 radical (unpaired) electrons. The monoisotopic (exact) mass is 345 g/mol. The summed E-state index contributed by atoms with van der Waals surface area (Å²) >= 11 is 1.62. The second kappa shape index (κ2) is 6.97. The van der Waals surface area contributed by atoms with E-state index < -0.39 is 10.0 Å². The van der Waals surface area contributed by atoms with Crippen LogP contribution in [0, 0.1) is 0 Å². The van der Waals surface area contributed by atoms with E-state index in [-0.39, 0.29) is 18.1 Å². The molecular weight excluding hydrogens is 322 g/mol. The molecule has 22 heavy (non-hydrogen) atoms. The molecule has 124 valence electrons. The zero-order valence-electron chi connectivity index (χ0n) is 13.2. The minimum absolute atomic E-state index is 0.00500. The number of carbonyl (C=O) groups excluding carboxylic acids is 1. The van der Waals surface area contributed by atoms with Crippen molar-refractivity contribution in [3.63, 3.8) is 0 Å². The summed E-state index contributed by atoms with van der Waals surface area (Å²) in [5.74, 6) is 0. The van der Waals surface area contributed by atoms with E-state index in [4.69, 9.17) is 0 Å². The molecule has 2 rings (SSSR count). The van der Waals surface area contributed by atoms with Crippen LogP contribution in [0.25, 0.3) is 0 Å². The van der Waals surface area contributed by atoms with Crippen molar-refractivity contribution in [2.45, 2.75) is 31.8 Å². The topological polar surface area (TPSA) is 69.7 Å². The average molecular weight is 345 g/mol. The van der Waals surface area contributed by atoms with Crippen molar-refractivity contribution < 1.29 is 13.2 Å². The van der Waals surface area contributed by atoms with Crippen LogP contribution in [-0.2, 0) is 10.0 Å². The third-order valence-electron chi connectivity index (χ3n) is 4.04. The molecule has 0 saturated carbocycles. The molecule has 8 heteroatoms. The van der Waals surface area contributed by atoms with Gasteiger partial charge in [0.05, 0.1) is 12.3 Å². The molecule has 1 saturated heterocycles. The molecule has 1 aliphatic heterocycles. The Morgan fingerprint density at radius 3 is 2.86 bits per heavy atom. The van der Waals surface area contributed by atoms with Gasteiger partial charge in [-0.05, 0) is 31.2 Å². The van der Waals surface area contributed by atoms with Crippen LogP contribution < -0.4 is 5.32 Å². The van der Waals surface area contributed by atoms with Gasteiger partial charge in [-0.15, -0.1) is 11.3 Å². The number of amides is 2. The SMILES string of the molecule is C[C@H](c1cccs1)N(C)C(=O)N[C@@H]1CCCN(S(C)(=O)=O)C1. The van der Waals surface area contributed by atoms with Crippen LogP contribution in [0.15, 0.2) is 17.5 Å². The summed E-state index contributed by atoms with van der Waals surface area (Å²) in [6.45, 7) is 2.87. The van der Waals surface area contributed by atoms with Gasteiger partial charge in [0.15, 0.2) is 0 Å². The Balaban J connectivity index is 1.93. The van der Waals surface area contributed by atoms with Crippen LogP contribution in [0.4, 0.5) is 4.79 Å². The predicted octanol–water partition coefficient (Wildman–Crippen LogP) is 1.87. The zero-order valence-corrected chi connectivity index (χ0v) is 14.8. The van der Waals surface area contributed by atoms with E-state index in [1.54, 1.807) is 23.3 Å². The fraction of sp³-hybridized carbons (Fsp3) is 0.643. The fourth-order valence-electron chi connectivity index (χ4n) is 2.53. The van der Waals surface area contributed by atoms with E-state index in [2.05, 4.69) is 5.32 Å². The molecule has 0 aromatic carbocycles. The molecule has 0 unspecified atom stereocenters. The van der Waals surface area contributed by atoms with Crippen molar-refractivity contribution in [2.24, 2.45) is 0 Å². The van der Waals surface area contributed by atoms with Crippen molar-refractivity contribution in [2.75, 3.05) is 26.4 Å². The number of carbonyl (C=O) groups is 1. The van der Waals surface area contributed by atoms with Gasteiger partial charge in [0, 0.05) is 31.1 Å². The van der Waals surface area contributed by atoms with E-state index in [0.29, 0.717) is 13.1 Å². The average Bonchev–Trinajstić information content (AvgIpc) is 2.99. The van der Waals surface area contributed by atoms with Crippen LogP contribution in [0.3, 0.4) is 0 Å². The minimum Gasteiger partial charge on any atom is -0.334 e. The molecule has 0 bridgehead atoms. The van der Waals surface area contributed by atoms with Crippen molar-refractivity contribution in [3.05, 3.63) is 22.4 Å². The van der Waals surface area contributed by atoms with Crippen LogP contribution in [-0.4, -0.2) is 56.1 Å². The van der Waals surface area contributed by atoms with E-state index in [0.717, 1.165) is 17.7 Å². The van der Waals surface area contributed by atoms with Gasteiger partial charge in [-0.2, -0.15) is 0 Å². The second-order valence-electron chi connectivity index (χ2n) is 5.71. The van der Waals surface area contributed by atoms with Gasteiger partial charge in [-0.3, -0.25) is 0 Å². The number of thiophene rings is 1. The number of urea groups is 1. The lowest BCUT2D eigenvalue weighted by Gasteiger charge is -2.33. The van der Waals surface area contributed by atoms with Gasteiger partial charge in [0.25, 0.3) is 0 Å². The molecular formula is C14H23N3O3S2. The zero-order chi connectivity index (χ0) is 16.3. The molecule has 0 aliphatic carbocycles. The molecule has 1 fully saturated rings. The number of rotatable bonds is 4. The Labute approximate surface area is 136 Å². The Morgan fingerprint density at radius 1 is 1.55 bits per heavy atom. The first-order chi connectivity index (χ1) is 10.3. The summed E-state index contributed by atoms with van der Waals surface area (Å²) in [5.41, 5.74) is 0. The van der Waals surface area contributed by atoms with Gasteiger partial charge >= 0.3 is 6.03 Å². The van der Waals surface area contributed by atoms with Gasteiger partial charge < -0.3 is 10.2 Å². The largest absolute Gasteiger partial charge is 0.334 e. The fourth-order valence-corrected chi connectivity index (χ4v) is 4.27. The number of hydrogen-bond acceptors (Lipinski definition) is 4. The highest BCUT2D eigenvalue weighted by atomic mass is 32.2. The van der Waals surface area contributed by atoms with Gasteiger partial charge in [0.2, 0.25) is 10.0 Å². The third kappa shape index (κ3) is 4.21. The quantitative estimate of drug-likeness (QED) is 0.906. The Morgan fingerprint density at radius 2 is 2.27 bits per heavy atom. The van der Waals surface area contributed by atoms with Crippen LogP contribution in [0.2, 0.25) is 0 Å². The molecule has 2 atom stereocenters. The maximum atomic E-state index is 12.4.